The van der Waals surface area contributed by atoms with Crippen LogP contribution >= 0.6 is 11.3 Å². The van der Waals surface area contributed by atoms with Gasteiger partial charge >= 0.3 is 0 Å². The molecule has 1 heterocycles. The molecular formula is C6H11N3O2S2. The van der Waals surface area contributed by atoms with Crippen LogP contribution in [0, 0.1) is 0 Å². The molecule has 0 atom stereocenters. The van der Waals surface area contributed by atoms with Gasteiger partial charge in [-0.15, -0.1) is 10.2 Å². The Morgan fingerprint density at radius 3 is 2.23 bits per heavy atom. The van der Waals surface area contributed by atoms with Crippen LogP contribution in [0.25, 0.3) is 0 Å². The van der Waals surface area contributed by atoms with Gasteiger partial charge in [0.2, 0.25) is 5.13 Å². The highest BCUT2D eigenvalue weighted by atomic mass is 32.2. The summed E-state index contributed by atoms with van der Waals surface area (Å²) >= 11 is 1.10. The lowest BCUT2D eigenvalue weighted by Crippen LogP contribution is -2.27. The Hall–Kier alpha value is -0.690. The first-order chi connectivity index (χ1) is 5.75. The molecule has 0 saturated heterocycles. The number of nitrogens with zero attached hydrogens (tertiary/aromatic N) is 2. The van der Waals surface area contributed by atoms with Crippen molar-refractivity contribution in [1.29, 1.82) is 0 Å². The van der Waals surface area contributed by atoms with Gasteiger partial charge in [-0.2, -0.15) is 0 Å². The zero-order valence-electron chi connectivity index (χ0n) is 7.60. The lowest BCUT2D eigenvalue weighted by molar-refractivity contribution is 0.559. The smallest absolute Gasteiger partial charge is 0.203 e. The zero-order chi connectivity index (χ0) is 10.3. The maximum atomic E-state index is 11.4. The third kappa shape index (κ3) is 1.80. The number of nitrogen functional groups attached to an aromatic ring is 1. The Balaban J connectivity index is 3.23. The Morgan fingerprint density at radius 1 is 1.38 bits per heavy atom. The van der Waals surface area contributed by atoms with Crippen LogP contribution in [0.5, 0.6) is 0 Å². The molecule has 0 unspecified atom stereocenters. The fourth-order valence-corrected chi connectivity index (χ4v) is 2.18. The third-order valence-electron chi connectivity index (χ3n) is 1.88. The normalized spacial score (nSPS) is 13.2. The highest BCUT2D eigenvalue weighted by molar-refractivity contribution is 7.91. The van der Waals surface area contributed by atoms with Crippen molar-refractivity contribution in [1.82, 2.24) is 10.2 Å². The minimum Gasteiger partial charge on any atom is -0.374 e. The molecule has 1 aromatic heterocycles. The fourth-order valence-electron chi connectivity index (χ4n) is 0.636. The van der Waals surface area contributed by atoms with Gasteiger partial charge in [-0.3, -0.25) is 0 Å². The van der Waals surface area contributed by atoms with Gasteiger partial charge in [-0.05, 0) is 13.8 Å². The van der Waals surface area contributed by atoms with Crippen LogP contribution in [0.15, 0.2) is 0 Å². The van der Waals surface area contributed by atoms with Crippen molar-refractivity contribution in [2.24, 2.45) is 0 Å². The number of anilines is 1. The molecule has 1 aromatic rings. The summed E-state index contributed by atoms with van der Waals surface area (Å²) in [7, 11) is -3.19. The summed E-state index contributed by atoms with van der Waals surface area (Å²) in [6, 6.07) is 0. The van der Waals surface area contributed by atoms with Crippen LogP contribution in [0.1, 0.15) is 18.9 Å². The first kappa shape index (κ1) is 10.4. The molecule has 0 aliphatic rings. The maximum absolute atomic E-state index is 11.4. The Kier molecular flexibility index (Phi) is 2.33. The Bertz CT molecular complexity index is 407. The first-order valence-corrected chi connectivity index (χ1v) is 6.25. The first-order valence-electron chi connectivity index (χ1n) is 3.54. The predicted molar refractivity (Wildman–Crippen MR) is 52.2 cm³/mol. The van der Waals surface area contributed by atoms with E-state index in [4.69, 9.17) is 5.73 Å². The molecule has 74 valence electrons. The van der Waals surface area contributed by atoms with E-state index >= 15 is 0 Å². The van der Waals surface area contributed by atoms with E-state index in [1.54, 1.807) is 13.8 Å². The second kappa shape index (κ2) is 2.91. The van der Waals surface area contributed by atoms with Gasteiger partial charge in [0, 0.05) is 6.26 Å². The van der Waals surface area contributed by atoms with E-state index in [0.717, 1.165) is 11.3 Å². The second-order valence-corrected chi connectivity index (χ2v) is 6.80. The van der Waals surface area contributed by atoms with Crippen LogP contribution in [0.3, 0.4) is 0 Å². The van der Waals surface area contributed by atoms with Crippen LogP contribution < -0.4 is 5.73 Å². The number of sulfone groups is 1. The van der Waals surface area contributed by atoms with Gasteiger partial charge in [0.25, 0.3) is 0 Å². The molecule has 0 saturated carbocycles. The number of nitrogens with two attached hydrogens (primary N) is 1. The summed E-state index contributed by atoms with van der Waals surface area (Å²) in [4.78, 5) is 0. The van der Waals surface area contributed by atoms with Gasteiger partial charge in [0.05, 0.1) is 0 Å². The highest BCUT2D eigenvalue weighted by Gasteiger charge is 2.35. The van der Waals surface area contributed by atoms with Crippen LogP contribution in [-0.4, -0.2) is 24.9 Å². The average Bonchev–Trinajstić information content (AvgIpc) is 2.33. The molecule has 1 rings (SSSR count). The SMILES string of the molecule is CC(C)(c1nnc(N)s1)S(C)(=O)=O. The number of rotatable bonds is 2. The van der Waals surface area contributed by atoms with E-state index in [9.17, 15) is 8.42 Å². The minimum atomic E-state index is -3.19. The summed E-state index contributed by atoms with van der Waals surface area (Å²) in [6.45, 7) is 3.17. The molecule has 7 heteroatoms. The molecule has 0 amide bonds. The molecule has 0 aliphatic carbocycles. The molecule has 0 bridgehead atoms. The van der Waals surface area contributed by atoms with Crippen LogP contribution in [0.4, 0.5) is 5.13 Å². The van der Waals surface area contributed by atoms with Gasteiger partial charge in [0.1, 0.15) is 9.75 Å². The fraction of sp³-hybridized carbons (Fsp3) is 0.667. The van der Waals surface area contributed by atoms with Crippen molar-refractivity contribution in [2.75, 3.05) is 12.0 Å². The van der Waals surface area contributed by atoms with Gasteiger partial charge in [-0.1, -0.05) is 11.3 Å². The number of aromatic nitrogens is 2. The van der Waals surface area contributed by atoms with Crippen molar-refractivity contribution < 1.29 is 8.42 Å². The van der Waals surface area contributed by atoms with Gasteiger partial charge in [0.15, 0.2) is 9.84 Å². The average molecular weight is 221 g/mol. The molecule has 0 fully saturated rings. The summed E-state index contributed by atoms with van der Waals surface area (Å²) in [5.41, 5.74) is 5.37. The summed E-state index contributed by atoms with van der Waals surface area (Å²) in [6.07, 6.45) is 1.17. The standard InChI is InChI=1S/C6H11N3O2S2/c1-6(2,13(3,10)11)4-8-9-5(7)12-4/h1-3H3,(H2,7,9). The molecule has 2 N–H and O–H groups in total. The van der Waals surface area contributed by atoms with Gasteiger partial charge in [-0.25, -0.2) is 8.42 Å². The number of hydrogen-bond donors (Lipinski definition) is 1. The van der Waals surface area contributed by atoms with Gasteiger partial charge < -0.3 is 5.73 Å². The molecule has 0 aromatic carbocycles. The second-order valence-electron chi connectivity index (χ2n) is 3.23. The van der Waals surface area contributed by atoms with E-state index in [1.165, 1.54) is 6.26 Å². The van der Waals surface area contributed by atoms with E-state index in [-0.39, 0.29) is 5.13 Å². The predicted octanol–water partition coefficient (Wildman–Crippen LogP) is 0.400. The molecule has 5 nitrogen and oxygen atoms in total. The quantitative estimate of drug-likeness (QED) is 0.781. The van der Waals surface area contributed by atoms with Crippen molar-refractivity contribution in [3.05, 3.63) is 5.01 Å². The minimum absolute atomic E-state index is 0.284. The topological polar surface area (TPSA) is 85.9 Å². The monoisotopic (exact) mass is 221 g/mol. The molecule has 13 heavy (non-hydrogen) atoms. The third-order valence-corrected chi connectivity index (χ3v) is 5.14. The zero-order valence-corrected chi connectivity index (χ0v) is 9.24. The van der Waals surface area contributed by atoms with E-state index < -0.39 is 14.6 Å². The lowest BCUT2D eigenvalue weighted by atomic mass is 10.2. The largest absolute Gasteiger partial charge is 0.374 e. The molecule has 0 spiro atoms. The van der Waals surface area contributed by atoms with Crippen LogP contribution in [0.2, 0.25) is 0 Å². The van der Waals surface area contributed by atoms with Crippen molar-refractivity contribution >= 4 is 26.3 Å². The maximum Gasteiger partial charge on any atom is 0.203 e. The molecule has 0 radical (unpaired) electrons. The van der Waals surface area contributed by atoms with E-state index in [2.05, 4.69) is 10.2 Å². The van der Waals surface area contributed by atoms with Crippen molar-refractivity contribution in [2.45, 2.75) is 18.6 Å². The Morgan fingerprint density at radius 2 is 1.92 bits per heavy atom. The molecule has 0 aliphatic heterocycles. The lowest BCUT2D eigenvalue weighted by Gasteiger charge is -2.18. The van der Waals surface area contributed by atoms with E-state index in [0.29, 0.717) is 5.01 Å². The number of hydrogen-bond acceptors (Lipinski definition) is 6. The van der Waals surface area contributed by atoms with Crippen LogP contribution in [-0.2, 0) is 14.6 Å². The highest BCUT2D eigenvalue weighted by Crippen LogP contribution is 2.31. The van der Waals surface area contributed by atoms with Crippen molar-refractivity contribution in [3.8, 4) is 0 Å². The summed E-state index contributed by atoms with van der Waals surface area (Å²) in [5.74, 6) is 0. The van der Waals surface area contributed by atoms with Crippen molar-refractivity contribution in [3.63, 3.8) is 0 Å². The Labute approximate surface area is 80.9 Å². The molecular weight excluding hydrogens is 210 g/mol. The van der Waals surface area contributed by atoms with E-state index in [1.807, 2.05) is 0 Å². The summed E-state index contributed by atoms with van der Waals surface area (Å²) < 4.78 is 21.7. The summed E-state index contributed by atoms with van der Waals surface area (Å²) in [5, 5.41) is 8.00.